The van der Waals surface area contributed by atoms with Crippen molar-refractivity contribution in [3.63, 3.8) is 0 Å². The van der Waals surface area contributed by atoms with Crippen LogP contribution in [0.15, 0.2) is 18.2 Å². The number of nitrogens with one attached hydrogen (secondary N) is 1. The summed E-state index contributed by atoms with van der Waals surface area (Å²) in [7, 11) is 0. The van der Waals surface area contributed by atoms with Crippen molar-refractivity contribution in [2.75, 3.05) is 6.54 Å². The second kappa shape index (κ2) is 6.63. The number of halogens is 4. The fourth-order valence-electron chi connectivity index (χ4n) is 3.17. The van der Waals surface area contributed by atoms with Crippen LogP contribution in [0, 0.1) is 5.82 Å². The zero-order chi connectivity index (χ0) is 20.9. The molecule has 1 saturated carbocycles. The van der Waals surface area contributed by atoms with Crippen molar-refractivity contribution in [1.29, 1.82) is 0 Å². The van der Waals surface area contributed by atoms with Crippen LogP contribution in [0.2, 0.25) is 0 Å². The largest absolute Gasteiger partial charge is 0.444 e. The van der Waals surface area contributed by atoms with Gasteiger partial charge in [0, 0.05) is 6.54 Å². The van der Waals surface area contributed by atoms with Crippen molar-refractivity contribution in [2.45, 2.75) is 63.4 Å². The van der Waals surface area contributed by atoms with Crippen molar-refractivity contribution in [2.24, 2.45) is 0 Å². The van der Waals surface area contributed by atoms with Gasteiger partial charge in [-0.05, 0) is 57.7 Å². The van der Waals surface area contributed by atoms with Crippen LogP contribution >= 0.6 is 0 Å². The lowest BCUT2D eigenvalue weighted by Gasteiger charge is -2.40. The Hall–Kier alpha value is -2.32. The highest BCUT2D eigenvalue weighted by atomic mass is 19.4. The number of benzene rings is 1. The molecule has 0 aromatic heterocycles. The van der Waals surface area contributed by atoms with E-state index in [4.69, 9.17) is 4.74 Å². The predicted molar refractivity (Wildman–Crippen MR) is 91.8 cm³/mol. The van der Waals surface area contributed by atoms with Crippen molar-refractivity contribution in [3.8, 4) is 0 Å². The fraction of sp³-hybridized carbons (Fsp3) is 0.579. The van der Waals surface area contributed by atoms with Gasteiger partial charge in [-0.15, -0.1) is 0 Å². The number of rotatable bonds is 3. The van der Waals surface area contributed by atoms with E-state index in [9.17, 15) is 27.2 Å². The fourth-order valence-corrected chi connectivity index (χ4v) is 3.17. The van der Waals surface area contributed by atoms with E-state index < -0.39 is 46.7 Å². The number of amides is 2. The van der Waals surface area contributed by atoms with Crippen molar-refractivity contribution in [3.05, 3.63) is 35.1 Å². The van der Waals surface area contributed by atoms with Crippen LogP contribution in [0.5, 0.6) is 0 Å². The molecule has 1 aromatic rings. The third-order valence-corrected chi connectivity index (χ3v) is 4.89. The predicted octanol–water partition coefficient (Wildman–Crippen LogP) is 3.96. The molecule has 0 unspecified atom stereocenters. The van der Waals surface area contributed by atoms with Crippen LogP contribution in [-0.2, 0) is 21.2 Å². The Labute approximate surface area is 160 Å². The Morgan fingerprint density at radius 3 is 2.32 bits per heavy atom. The number of ether oxygens (including phenoxy) is 1. The highest BCUT2D eigenvalue weighted by Crippen LogP contribution is 2.47. The van der Waals surface area contributed by atoms with Gasteiger partial charge in [0.15, 0.2) is 0 Å². The molecule has 0 radical (unpaired) electrons. The minimum absolute atomic E-state index is 0.206. The average Bonchev–Trinajstić information content (AvgIpc) is 3.23. The Morgan fingerprint density at radius 1 is 1.21 bits per heavy atom. The number of nitrogens with zero attached hydrogens (tertiary/aromatic N) is 1. The van der Waals surface area contributed by atoms with Gasteiger partial charge < -0.3 is 10.1 Å². The summed E-state index contributed by atoms with van der Waals surface area (Å²) >= 11 is 0. The van der Waals surface area contributed by atoms with Gasteiger partial charge in [-0.3, -0.25) is 9.69 Å². The molecule has 1 heterocycles. The SMILES string of the molecule is CC(C)(C)OC(=O)N1CC[C@H]1C(=O)NC1(c2ccc(F)c(C(F)(F)F)c2)CC1. The van der Waals surface area contributed by atoms with Gasteiger partial charge in [0.25, 0.3) is 0 Å². The molecule has 1 aliphatic carbocycles. The molecule has 0 bridgehead atoms. The summed E-state index contributed by atoms with van der Waals surface area (Å²) in [5.41, 5.74) is -2.81. The van der Waals surface area contributed by atoms with Gasteiger partial charge in [0.2, 0.25) is 5.91 Å². The van der Waals surface area contributed by atoms with Crippen LogP contribution in [0.25, 0.3) is 0 Å². The van der Waals surface area contributed by atoms with Crippen LogP contribution in [0.4, 0.5) is 22.4 Å². The van der Waals surface area contributed by atoms with Crippen molar-refractivity contribution < 1.29 is 31.9 Å². The van der Waals surface area contributed by atoms with E-state index in [1.807, 2.05) is 0 Å². The molecule has 1 N–H and O–H groups in total. The molecule has 2 amide bonds. The summed E-state index contributed by atoms with van der Waals surface area (Å²) < 4.78 is 57.7. The molecular weight excluding hydrogens is 380 g/mol. The second-order valence-corrected chi connectivity index (χ2v) is 8.24. The topological polar surface area (TPSA) is 58.6 Å². The van der Waals surface area contributed by atoms with E-state index in [1.165, 1.54) is 11.0 Å². The molecule has 3 rings (SSSR count). The normalized spacial score (nSPS) is 21.0. The first kappa shape index (κ1) is 20.4. The van der Waals surface area contributed by atoms with E-state index >= 15 is 0 Å². The minimum atomic E-state index is -4.82. The number of alkyl halides is 3. The quantitative estimate of drug-likeness (QED) is 0.779. The summed E-state index contributed by atoms with van der Waals surface area (Å²) in [6.07, 6.45) is -4.09. The van der Waals surface area contributed by atoms with E-state index in [-0.39, 0.29) is 5.56 Å². The van der Waals surface area contributed by atoms with Gasteiger partial charge in [-0.25, -0.2) is 9.18 Å². The Morgan fingerprint density at radius 2 is 1.86 bits per heavy atom. The molecule has 5 nitrogen and oxygen atoms in total. The molecule has 9 heteroatoms. The second-order valence-electron chi connectivity index (χ2n) is 8.24. The smallest absolute Gasteiger partial charge is 0.419 e. The number of carbonyl (C=O) groups excluding carboxylic acids is 2. The lowest BCUT2D eigenvalue weighted by molar-refractivity contribution is -0.140. The highest BCUT2D eigenvalue weighted by molar-refractivity contribution is 5.88. The Bertz CT molecular complexity index is 797. The zero-order valence-corrected chi connectivity index (χ0v) is 15.8. The van der Waals surface area contributed by atoms with Crippen LogP contribution in [-0.4, -0.2) is 35.1 Å². The lowest BCUT2D eigenvalue weighted by atomic mass is 9.98. The van der Waals surface area contributed by atoms with Gasteiger partial charge in [-0.1, -0.05) is 6.07 Å². The molecule has 28 heavy (non-hydrogen) atoms. The number of likely N-dealkylation sites (tertiary alicyclic amines) is 1. The lowest BCUT2D eigenvalue weighted by Crippen LogP contribution is -2.60. The standard InChI is InChI=1S/C19H22F4N2O3/c1-17(2,3)28-16(27)25-9-6-14(25)15(26)24-18(7-8-18)11-4-5-13(20)12(10-11)19(21,22)23/h4-5,10,14H,6-9H2,1-3H3,(H,24,26)/t14-/m0/s1. The first-order valence-corrected chi connectivity index (χ1v) is 9.01. The summed E-state index contributed by atoms with van der Waals surface area (Å²) in [5.74, 6) is -1.80. The molecule has 0 spiro atoms. The number of hydrogen-bond acceptors (Lipinski definition) is 3. The molecule has 2 fully saturated rings. The Balaban J connectivity index is 1.72. The molecule has 2 aliphatic rings. The molecule has 154 valence electrons. The molecule has 1 atom stereocenters. The maximum Gasteiger partial charge on any atom is 0.419 e. The maximum atomic E-state index is 13.5. The molecule has 1 aromatic carbocycles. The average molecular weight is 402 g/mol. The summed E-state index contributed by atoms with van der Waals surface area (Å²) in [6.45, 7) is 5.51. The third kappa shape index (κ3) is 4.07. The van der Waals surface area contributed by atoms with Crippen LogP contribution in [0.3, 0.4) is 0 Å². The number of hydrogen-bond donors (Lipinski definition) is 1. The van der Waals surface area contributed by atoms with Crippen LogP contribution in [0.1, 0.15) is 51.2 Å². The van der Waals surface area contributed by atoms with Crippen molar-refractivity contribution in [1.82, 2.24) is 10.2 Å². The zero-order valence-electron chi connectivity index (χ0n) is 15.8. The number of carbonyl (C=O) groups is 2. The highest BCUT2D eigenvalue weighted by Gasteiger charge is 2.50. The molecule has 1 saturated heterocycles. The molecule has 1 aliphatic heterocycles. The summed E-state index contributed by atoms with van der Waals surface area (Å²) in [6, 6.07) is 2.04. The maximum absolute atomic E-state index is 13.5. The van der Waals surface area contributed by atoms with Crippen LogP contribution < -0.4 is 5.32 Å². The third-order valence-electron chi connectivity index (χ3n) is 4.89. The monoisotopic (exact) mass is 402 g/mol. The minimum Gasteiger partial charge on any atom is -0.444 e. The van der Waals surface area contributed by atoms with E-state index in [1.54, 1.807) is 20.8 Å². The summed E-state index contributed by atoms with van der Waals surface area (Å²) in [4.78, 5) is 26.1. The summed E-state index contributed by atoms with van der Waals surface area (Å²) in [5, 5.41) is 2.75. The van der Waals surface area contributed by atoms with Gasteiger partial charge in [0.05, 0.1) is 11.1 Å². The first-order valence-electron chi connectivity index (χ1n) is 9.01. The van der Waals surface area contributed by atoms with Gasteiger partial charge in [0.1, 0.15) is 17.5 Å². The van der Waals surface area contributed by atoms with E-state index in [0.29, 0.717) is 25.8 Å². The van der Waals surface area contributed by atoms with Gasteiger partial charge in [-0.2, -0.15) is 13.2 Å². The van der Waals surface area contributed by atoms with E-state index in [0.717, 1.165) is 12.1 Å². The van der Waals surface area contributed by atoms with E-state index in [2.05, 4.69) is 5.32 Å². The molecular formula is C19H22F4N2O3. The van der Waals surface area contributed by atoms with Gasteiger partial charge >= 0.3 is 12.3 Å². The van der Waals surface area contributed by atoms with Crippen molar-refractivity contribution >= 4 is 12.0 Å². The Kier molecular flexibility index (Phi) is 4.84. The first-order chi connectivity index (χ1) is 12.8.